The van der Waals surface area contributed by atoms with Crippen molar-refractivity contribution in [2.45, 2.75) is 38.2 Å². The summed E-state index contributed by atoms with van der Waals surface area (Å²) in [6.45, 7) is 4.78. The average molecular weight is 209 g/mol. The fourth-order valence-corrected chi connectivity index (χ4v) is 0.735. The minimum atomic E-state index is -1.94. The normalized spacial score (nSPS) is 15.2. The van der Waals surface area contributed by atoms with Gasteiger partial charge in [0.15, 0.2) is 0 Å². The molecule has 0 heterocycles. The van der Waals surface area contributed by atoms with Crippen molar-refractivity contribution in [2.24, 2.45) is 0 Å². The molecule has 0 aromatic carbocycles. The zero-order valence-corrected chi connectivity index (χ0v) is 8.59. The lowest BCUT2D eigenvalue weighted by molar-refractivity contribution is -0.159. The second kappa shape index (κ2) is 4.46. The number of rotatable bonds is 4. The zero-order valence-electron chi connectivity index (χ0n) is 7.83. The number of hydrogen-bond donors (Lipinski definition) is 1. The van der Waals surface area contributed by atoms with E-state index in [-0.39, 0.29) is 12.5 Å². The smallest absolute Gasteiger partial charge is 0.339 e. The molecule has 0 aromatic rings. The van der Waals surface area contributed by atoms with Crippen molar-refractivity contribution in [3.63, 3.8) is 0 Å². The maximum absolute atomic E-state index is 11.2. The molecule has 4 nitrogen and oxygen atoms in total. The monoisotopic (exact) mass is 208 g/mol. The molecule has 0 aromatic heterocycles. The van der Waals surface area contributed by atoms with Crippen molar-refractivity contribution >= 4 is 23.5 Å². The van der Waals surface area contributed by atoms with Crippen LogP contribution in [0.2, 0.25) is 0 Å². The van der Waals surface area contributed by atoms with Gasteiger partial charge in [-0.05, 0) is 20.3 Å². The van der Waals surface area contributed by atoms with Gasteiger partial charge in [-0.2, -0.15) is 0 Å². The van der Waals surface area contributed by atoms with Gasteiger partial charge in [-0.15, -0.1) is 0 Å². The van der Waals surface area contributed by atoms with E-state index >= 15 is 0 Å². The molecule has 13 heavy (non-hydrogen) atoms. The number of halogens is 1. The van der Waals surface area contributed by atoms with Crippen molar-refractivity contribution in [1.29, 1.82) is 0 Å². The molecule has 0 aliphatic rings. The van der Waals surface area contributed by atoms with Crippen LogP contribution < -0.4 is 0 Å². The van der Waals surface area contributed by atoms with Gasteiger partial charge in [0.1, 0.15) is 0 Å². The second-order valence-corrected chi connectivity index (χ2v) is 3.56. The molecular weight excluding hydrogens is 196 g/mol. The molecule has 0 radical (unpaired) electrons. The zero-order chi connectivity index (χ0) is 10.6. The highest BCUT2D eigenvalue weighted by atomic mass is 35.5. The molecule has 0 fully saturated rings. The van der Waals surface area contributed by atoms with Gasteiger partial charge in [-0.25, -0.2) is 9.59 Å². The van der Waals surface area contributed by atoms with E-state index in [0.29, 0.717) is 0 Å². The Hall–Kier alpha value is -0.770. The van der Waals surface area contributed by atoms with Gasteiger partial charge in [0, 0.05) is 0 Å². The van der Waals surface area contributed by atoms with Crippen LogP contribution in [0.4, 0.5) is 0 Å². The summed E-state index contributed by atoms with van der Waals surface area (Å²) in [6.07, 6.45) is -0.369. The molecule has 0 saturated carbocycles. The summed E-state index contributed by atoms with van der Waals surface area (Å²) in [4.78, 5) is 19.9. The number of ether oxygens (including phenoxy) is 1. The first-order valence-corrected chi connectivity index (χ1v) is 4.35. The quantitative estimate of drug-likeness (QED) is 0.431. The number of aliphatic carboxylic acids is 1. The summed E-state index contributed by atoms with van der Waals surface area (Å²) in [5.41, 5.74) is 0. The SMILES string of the molecule is CCC(Cl)(C(=O)O)C(=O)OC(C)C. The molecular formula is C8H13ClO4. The Labute approximate surface area is 81.8 Å². The highest BCUT2D eigenvalue weighted by molar-refractivity contribution is 6.44. The third kappa shape index (κ3) is 2.88. The molecule has 1 N–H and O–H groups in total. The van der Waals surface area contributed by atoms with E-state index in [9.17, 15) is 9.59 Å². The highest BCUT2D eigenvalue weighted by Gasteiger charge is 2.44. The third-order valence-corrected chi connectivity index (χ3v) is 2.08. The highest BCUT2D eigenvalue weighted by Crippen LogP contribution is 2.22. The molecule has 0 saturated heterocycles. The lowest BCUT2D eigenvalue weighted by atomic mass is 10.1. The van der Waals surface area contributed by atoms with Gasteiger partial charge in [-0.1, -0.05) is 18.5 Å². The summed E-state index contributed by atoms with van der Waals surface area (Å²) in [7, 11) is 0. The van der Waals surface area contributed by atoms with E-state index in [4.69, 9.17) is 21.4 Å². The van der Waals surface area contributed by atoms with Crippen LogP contribution in [0.1, 0.15) is 27.2 Å². The molecule has 76 valence electrons. The molecule has 0 bridgehead atoms. The van der Waals surface area contributed by atoms with Crippen LogP contribution in [-0.4, -0.2) is 28.0 Å². The van der Waals surface area contributed by atoms with Crippen molar-refractivity contribution in [3.05, 3.63) is 0 Å². The Morgan fingerprint density at radius 2 is 2.00 bits per heavy atom. The first-order chi connectivity index (χ1) is 5.84. The number of carboxylic acid groups (broad SMARTS) is 1. The lowest BCUT2D eigenvalue weighted by Gasteiger charge is -2.19. The molecule has 0 aliphatic carbocycles. The molecule has 0 amide bonds. The van der Waals surface area contributed by atoms with Gasteiger partial charge in [0.2, 0.25) is 4.87 Å². The van der Waals surface area contributed by atoms with Crippen molar-refractivity contribution in [1.82, 2.24) is 0 Å². The number of esters is 1. The van der Waals surface area contributed by atoms with Gasteiger partial charge in [0.25, 0.3) is 0 Å². The van der Waals surface area contributed by atoms with Crippen LogP contribution in [0.5, 0.6) is 0 Å². The van der Waals surface area contributed by atoms with Gasteiger partial charge >= 0.3 is 11.9 Å². The van der Waals surface area contributed by atoms with Gasteiger partial charge < -0.3 is 9.84 Å². The molecule has 0 rings (SSSR count). The molecule has 0 spiro atoms. The Kier molecular flexibility index (Phi) is 4.20. The van der Waals surface area contributed by atoms with E-state index in [1.165, 1.54) is 6.92 Å². The van der Waals surface area contributed by atoms with E-state index in [1.54, 1.807) is 13.8 Å². The van der Waals surface area contributed by atoms with Crippen LogP contribution in [0.3, 0.4) is 0 Å². The van der Waals surface area contributed by atoms with Crippen LogP contribution in [0.25, 0.3) is 0 Å². The van der Waals surface area contributed by atoms with Crippen molar-refractivity contribution in [3.8, 4) is 0 Å². The van der Waals surface area contributed by atoms with E-state index in [2.05, 4.69) is 0 Å². The standard InChI is InChI=1S/C8H13ClO4/c1-4-8(9,6(10)11)7(12)13-5(2)3/h5H,4H2,1-3H3,(H,10,11). The fourth-order valence-electron chi connectivity index (χ4n) is 0.690. The Bertz CT molecular complexity index is 214. The molecule has 1 unspecified atom stereocenters. The van der Waals surface area contributed by atoms with Crippen LogP contribution in [0, 0.1) is 0 Å². The lowest BCUT2D eigenvalue weighted by Crippen LogP contribution is -2.42. The van der Waals surface area contributed by atoms with Crippen molar-refractivity contribution < 1.29 is 19.4 Å². The molecule has 0 aliphatic heterocycles. The van der Waals surface area contributed by atoms with Crippen molar-refractivity contribution in [2.75, 3.05) is 0 Å². The maximum atomic E-state index is 11.2. The van der Waals surface area contributed by atoms with Crippen LogP contribution >= 0.6 is 11.6 Å². The fraction of sp³-hybridized carbons (Fsp3) is 0.750. The summed E-state index contributed by atoms with van der Waals surface area (Å²) >= 11 is 5.58. The average Bonchev–Trinajstić information content (AvgIpc) is 2.01. The number of hydrogen-bond acceptors (Lipinski definition) is 3. The van der Waals surface area contributed by atoms with Crippen LogP contribution in [0.15, 0.2) is 0 Å². The Balaban J connectivity index is 4.58. The first-order valence-electron chi connectivity index (χ1n) is 3.98. The maximum Gasteiger partial charge on any atom is 0.339 e. The van der Waals surface area contributed by atoms with Crippen LogP contribution in [-0.2, 0) is 14.3 Å². The largest absolute Gasteiger partial charge is 0.479 e. The summed E-state index contributed by atoms with van der Waals surface area (Å²) in [5.74, 6) is -2.28. The molecule has 1 atom stereocenters. The van der Waals surface area contributed by atoms with E-state index < -0.39 is 16.8 Å². The summed E-state index contributed by atoms with van der Waals surface area (Å²) < 4.78 is 4.72. The number of alkyl halides is 1. The third-order valence-electron chi connectivity index (χ3n) is 1.49. The van der Waals surface area contributed by atoms with Gasteiger partial charge in [0.05, 0.1) is 6.10 Å². The Morgan fingerprint density at radius 3 is 2.23 bits per heavy atom. The minimum absolute atomic E-state index is 0.00452. The van der Waals surface area contributed by atoms with E-state index in [1.807, 2.05) is 0 Å². The number of carboxylic acids is 1. The number of carbonyl (C=O) groups is 2. The topological polar surface area (TPSA) is 63.6 Å². The minimum Gasteiger partial charge on any atom is -0.479 e. The second-order valence-electron chi connectivity index (χ2n) is 2.91. The predicted molar refractivity (Wildman–Crippen MR) is 47.7 cm³/mol. The molecule has 5 heteroatoms. The summed E-state index contributed by atoms with van der Waals surface area (Å²) in [5, 5.41) is 8.68. The number of carbonyl (C=O) groups excluding carboxylic acids is 1. The first kappa shape index (κ1) is 12.2. The predicted octanol–water partition coefficient (Wildman–Crippen LogP) is 1.41. The van der Waals surface area contributed by atoms with Gasteiger partial charge in [-0.3, -0.25) is 0 Å². The Morgan fingerprint density at radius 1 is 1.54 bits per heavy atom. The summed E-state index contributed by atoms with van der Waals surface area (Å²) in [6, 6.07) is 0. The van der Waals surface area contributed by atoms with E-state index in [0.717, 1.165) is 0 Å².